The number of hydrogen-bond acceptors (Lipinski definition) is 6. The Morgan fingerprint density at radius 3 is 2.00 bits per heavy atom. The largest absolute Gasteiger partial charge is 0.493 e. The molecule has 0 saturated heterocycles. The van der Waals surface area contributed by atoms with Gasteiger partial charge in [0, 0.05) is 23.3 Å². The van der Waals surface area contributed by atoms with Crippen molar-refractivity contribution in [3.63, 3.8) is 0 Å². The van der Waals surface area contributed by atoms with Gasteiger partial charge in [-0.3, -0.25) is 13.9 Å². The van der Waals surface area contributed by atoms with E-state index >= 15 is 4.39 Å². The van der Waals surface area contributed by atoms with E-state index < -0.39 is 41.2 Å². The summed E-state index contributed by atoms with van der Waals surface area (Å²) in [5.74, 6) is -1.92. The van der Waals surface area contributed by atoms with E-state index in [-0.39, 0.29) is 46.1 Å². The lowest BCUT2D eigenvalue weighted by Crippen LogP contribution is -2.38. The Bertz CT molecular complexity index is 2840. The highest BCUT2D eigenvalue weighted by molar-refractivity contribution is 6.30. The number of amides is 1. The van der Waals surface area contributed by atoms with Crippen LogP contribution in [0.5, 0.6) is 11.5 Å². The van der Waals surface area contributed by atoms with Gasteiger partial charge in [0.2, 0.25) is 5.91 Å². The molecule has 10 nitrogen and oxygen atoms in total. The van der Waals surface area contributed by atoms with Crippen LogP contribution in [-0.2, 0) is 36.7 Å². The number of hydrogen-bond donors (Lipinski definition) is 1. The summed E-state index contributed by atoms with van der Waals surface area (Å²) in [5, 5.41) is 7.80. The highest BCUT2D eigenvalue weighted by Gasteiger charge is 2.40. The smallest absolute Gasteiger partial charge is 0.416 e. The number of ether oxygens (including phenoxy) is 2. The molecule has 0 radical (unpaired) electrons. The Morgan fingerprint density at radius 1 is 0.803 bits per heavy atom. The van der Waals surface area contributed by atoms with Crippen molar-refractivity contribution >= 4 is 34.2 Å². The third-order valence-corrected chi connectivity index (χ3v) is 10.6. The molecule has 2 aromatic heterocycles. The van der Waals surface area contributed by atoms with Crippen molar-refractivity contribution in [1.82, 2.24) is 23.9 Å². The molecule has 0 saturated carbocycles. The normalized spacial score (nSPS) is 11.8. The van der Waals surface area contributed by atoms with Crippen LogP contribution in [0.4, 0.5) is 23.2 Å². The second-order valence-electron chi connectivity index (χ2n) is 14.1. The first-order chi connectivity index (χ1) is 29.4. The molecule has 2 heterocycles. The van der Waals surface area contributed by atoms with Crippen LogP contribution in [0.25, 0.3) is 22.2 Å². The van der Waals surface area contributed by atoms with Crippen LogP contribution in [-0.4, -0.2) is 36.9 Å². The lowest BCUT2D eigenvalue weighted by Gasteiger charge is -2.35. The van der Waals surface area contributed by atoms with Gasteiger partial charge in [-0.2, -0.15) is 18.3 Å². The van der Waals surface area contributed by atoms with Crippen molar-refractivity contribution in [2.24, 2.45) is 7.05 Å². The monoisotopic (exact) mass is 846 g/mol. The predicted molar refractivity (Wildman–Crippen MR) is 223 cm³/mol. The number of aryl methyl sites for hydroxylation is 1. The quantitative estimate of drug-likeness (QED) is 0.0971. The fourth-order valence-electron chi connectivity index (χ4n) is 7.62. The van der Waals surface area contributed by atoms with Crippen LogP contribution < -0.4 is 20.5 Å². The molecule has 308 valence electrons. The lowest BCUT2D eigenvalue weighted by molar-refractivity contribution is -0.137. The van der Waals surface area contributed by atoms with E-state index in [4.69, 9.17) is 26.2 Å². The van der Waals surface area contributed by atoms with Gasteiger partial charge in [-0.25, -0.2) is 18.9 Å². The summed E-state index contributed by atoms with van der Waals surface area (Å²) in [6, 6.07) is 39.6. The molecule has 0 unspecified atom stereocenters. The summed E-state index contributed by atoms with van der Waals surface area (Å²) in [6.07, 6.45) is -3.29. The van der Waals surface area contributed by atoms with Gasteiger partial charge in [0.1, 0.15) is 25.0 Å². The van der Waals surface area contributed by atoms with Gasteiger partial charge in [0.25, 0.3) is 0 Å². The van der Waals surface area contributed by atoms with Crippen molar-refractivity contribution in [2.75, 3.05) is 12.4 Å². The molecular formula is C46H35ClF4N6O4. The average Bonchev–Trinajstić information content (AvgIpc) is 3.82. The van der Waals surface area contributed by atoms with Crippen molar-refractivity contribution in [3.05, 3.63) is 195 Å². The molecule has 1 amide bonds. The first-order valence-electron chi connectivity index (χ1n) is 18.8. The maximum atomic E-state index is 16.3. The summed E-state index contributed by atoms with van der Waals surface area (Å²) in [5.41, 5.74) is -0.159. The second-order valence-corrected chi connectivity index (χ2v) is 14.5. The molecule has 15 heteroatoms. The fourth-order valence-corrected chi connectivity index (χ4v) is 7.81. The number of alkyl halides is 3. The van der Waals surface area contributed by atoms with Gasteiger partial charge < -0.3 is 14.8 Å². The molecule has 0 spiro atoms. The third kappa shape index (κ3) is 7.73. The number of imidazole rings is 1. The molecule has 0 aliphatic rings. The number of carbonyl (C=O) groups excluding carboxylic acids is 1. The van der Waals surface area contributed by atoms with Crippen molar-refractivity contribution in [3.8, 4) is 22.6 Å². The summed E-state index contributed by atoms with van der Waals surface area (Å²) in [4.78, 5) is 31.2. The fraction of sp³-hybridized carbons (Fsp3) is 0.130. The van der Waals surface area contributed by atoms with Gasteiger partial charge in [-0.15, -0.1) is 0 Å². The number of aromatic nitrogens is 5. The summed E-state index contributed by atoms with van der Waals surface area (Å²) in [6.45, 7) is -0.933. The predicted octanol–water partition coefficient (Wildman–Crippen LogP) is 9.48. The topological polar surface area (TPSA) is 105 Å². The third-order valence-electron chi connectivity index (χ3n) is 10.3. The molecule has 8 rings (SSSR count). The first kappa shape index (κ1) is 40.6. The highest BCUT2D eigenvalue weighted by atomic mass is 35.5. The van der Waals surface area contributed by atoms with Gasteiger partial charge in [-0.05, 0) is 64.7 Å². The van der Waals surface area contributed by atoms with Gasteiger partial charge >= 0.3 is 11.9 Å². The number of anilines is 1. The molecule has 0 atom stereocenters. The number of fused-ring (bicyclic) bond motifs is 1. The Kier molecular flexibility index (Phi) is 10.9. The van der Waals surface area contributed by atoms with Crippen LogP contribution in [0.1, 0.15) is 28.1 Å². The molecule has 0 fully saturated rings. The summed E-state index contributed by atoms with van der Waals surface area (Å²) < 4.78 is 74.8. The van der Waals surface area contributed by atoms with Crippen molar-refractivity contribution < 1.29 is 31.8 Å². The second kappa shape index (κ2) is 16.5. The standard InChI is InChI=1S/C46H35ClF4N6O4/c1-55-42-36(23-33(46(49,50)51)24-38(42)56(44(55)59)26-41(58)53-35-20-12-19-34(47)25-35)29-21-37(48)43(39(22-29)60-2)61-27-40-52-28-57(54-40)45(30-13-6-3-7-14-30,31-15-8-4-9-16-31)32-17-10-5-11-18-32/h3-25,28H,26-27H2,1-2H3,(H,53,58). The highest BCUT2D eigenvalue weighted by Crippen LogP contribution is 2.42. The number of rotatable bonds is 12. The molecule has 0 bridgehead atoms. The van der Waals surface area contributed by atoms with Gasteiger partial charge in [-0.1, -0.05) is 109 Å². The first-order valence-corrected chi connectivity index (χ1v) is 19.2. The van der Waals surface area contributed by atoms with Crippen LogP contribution in [0, 0.1) is 5.82 Å². The molecule has 61 heavy (non-hydrogen) atoms. The van der Waals surface area contributed by atoms with Crippen LogP contribution in [0.3, 0.4) is 0 Å². The van der Waals surface area contributed by atoms with Crippen LogP contribution in [0.15, 0.2) is 151 Å². The number of benzene rings is 6. The summed E-state index contributed by atoms with van der Waals surface area (Å²) in [7, 11) is 2.62. The average molecular weight is 847 g/mol. The minimum absolute atomic E-state index is 0.0251. The Hall–Kier alpha value is -7.19. The van der Waals surface area contributed by atoms with E-state index in [1.807, 2.05) is 91.0 Å². The number of carbonyl (C=O) groups is 1. The van der Waals surface area contributed by atoms with Gasteiger partial charge in [0.05, 0.1) is 23.7 Å². The zero-order valence-corrected chi connectivity index (χ0v) is 33.3. The van der Waals surface area contributed by atoms with E-state index in [0.29, 0.717) is 10.7 Å². The van der Waals surface area contributed by atoms with E-state index in [1.165, 1.54) is 26.3 Å². The van der Waals surface area contributed by atoms with E-state index in [9.17, 15) is 22.8 Å². The molecule has 8 aromatic rings. The molecule has 1 N–H and O–H groups in total. The SMILES string of the molecule is COc1cc(-c2cc(C(F)(F)F)cc3c2n(C)c(=O)n3CC(=O)Nc2cccc(Cl)c2)cc(F)c1OCc1ncn(C(c2ccccc2)(c2ccccc2)c2ccccc2)n1. The Balaban J connectivity index is 1.15. The number of nitrogens with one attached hydrogen (secondary N) is 1. The van der Waals surface area contributed by atoms with E-state index in [2.05, 4.69) is 10.3 Å². The van der Waals surface area contributed by atoms with Crippen LogP contribution in [0.2, 0.25) is 5.02 Å². The van der Waals surface area contributed by atoms with Crippen molar-refractivity contribution in [1.29, 1.82) is 0 Å². The molecule has 0 aliphatic carbocycles. The zero-order chi connectivity index (χ0) is 42.9. The van der Waals surface area contributed by atoms with Crippen LogP contribution >= 0.6 is 11.6 Å². The zero-order valence-electron chi connectivity index (χ0n) is 32.5. The number of nitrogens with zero attached hydrogens (tertiary/aromatic N) is 5. The maximum absolute atomic E-state index is 16.3. The molecule has 6 aromatic carbocycles. The van der Waals surface area contributed by atoms with Gasteiger partial charge in [0.15, 0.2) is 23.1 Å². The Morgan fingerprint density at radius 2 is 1.43 bits per heavy atom. The minimum atomic E-state index is -4.87. The number of halogens is 5. The minimum Gasteiger partial charge on any atom is -0.493 e. The maximum Gasteiger partial charge on any atom is 0.416 e. The van der Waals surface area contributed by atoms with E-state index in [0.717, 1.165) is 44.0 Å². The summed E-state index contributed by atoms with van der Waals surface area (Å²) >= 11 is 6.03. The number of methoxy groups -OCH3 is 1. The lowest BCUT2D eigenvalue weighted by atomic mass is 9.77. The van der Waals surface area contributed by atoms with Crippen molar-refractivity contribution in [2.45, 2.75) is 24.9 Å². The molecular weight excluding hydrogens is 812 g/mol. The molecule has 0 aliphatic heterocycles. The Labute approximate surface area is 351 Å². The van der Waals surface area contributed by atoms with E-state index in [1.54, 1.807) is 29.2 Å².